The average Bonchev–Trinajstić information content (AvgIpc) is 2.89. The quantitative estimate of drug-likeness (QED) is 0.591. The minimum absolute atomic E-state index is 0.808. The first-order chi connectivity index (χ1) is 7.84. The van der Waals surface area contributed by atoms with Gasteiger partial charge in [-0.2, -0.15) is 0 Å². The van der Waals surface area contributed by atoms with Crippen molar-refractivity contribution >= 4 is 11.8 Å². The molecule has 0 unspecified atom stereocenters. The van der Waals surface area contributed by atoms with E-state index in [0.717, 1.165) is 29.8 Å². The van der Waals surface area contributed by atoms with Gasteiger partial charge in [0.25, 0.3) is 0 Å². The molecule has 0 atom stereocenters. The van der Waals surface area contributed by atoms with Gasteiger partial charge in [-0.25, -0.2) is 4.98 Å². The summed E-state index contributed by atoms with van der Waals surface area (Å²) in [5.41, 5.74) is 1.17. The molecule has 0 bridgehead atoms. The van der Waals surface area contributed by atoms with Crippen LogP contribution in [-0.2, 0) is 6.54 Å². The maximum atomic E-state index is 4.97. The summed E-state index contributed by atoms with van der Waals surface area (Å²) in [5, 5.41) is 11.0. The van der Waals surface area contributed by atoms with Gasteiger partial charge in [-0.15, -0.1) is 5.10 Å². The van der Waals surface area contributed by atoms with E-state index in [0.29, 0.717) is 0 Å². The molecule has 0 aromatic carbocycles. The zero-order valence-corrected chi connectivity index (χ0v) is 9.88. The van der Waals surface area contributed by atoms with E-state index in [1.165, 1.54) is 5.56 Å². The van der Waals surface area contributed by atoms with Crippen molar-refractivity contribution in [1.82, 2.24) is 20.5 Å². The Morgan fingerprint density at radius 3 is 3.19 bits per heavy atom. The Balaban J connectivity index is 1.59. The van der Waals surface area contributed by atoms with Crippen LogP contribution < -0.4 is 5.32 Å². The van der Waals surface area contributed by atoms with Crippen LogP contribution in [0.3, 0.4) is 0 Å². The molecule has 16 heavy (non-hydrogen) atoms. The van der Waals surface area contributed by atoms with Gasteiger partial charge in [-0.1, -0.05) is 11.8 Å². The summed E-state index contributed by atoms with van der Waals surface area (Å²) >= 11 is 1.64. The topological polar surface area (TPSA) is 66.7 Å². The van der Waals surface area contributed by atoms with Crippen molar-refractivity contribution in [2.24, 2.45) is 0 Å². The first-order valence-corrected chi connectivity index (χ1v) is 6.07. The fraction of sp³-hybridized carbons (Fsp3) is 0.400. The van der Waals surface area contributed by atoms with E-state index in [-0.39, 0.29) is 0 Å². The van der Waals surface area contributed by atoms with E-state index in [1.807, 2.05) is 13.0 Å². The molecule has 0 fully saturated rings. The Hall–Kier alpha value is -1.27. The molecule has 6 heteroatoms. The van der Waals surface area contributed by atoms with Crippen LogP contribution in [0.25, 0.3) is 0 Å². The number of H-pyrrole nitrogens is 1. The monoisotopic (exact) mass is 238 g/mol. The lowest BCUT2D eigenvalue weighted by molar-refractivity contribution is 0.561. The summed E-state index contributed by atoms with van der Waals surface area (Å²) in [5.74, 6) is 1.81. The summed E-state index contributed by atoms with van der Waals surface area (Å²) in [6, 6.07) is 1.96. The normalized spacial score (nSPS) is 10.8. The third-order valence-electron chi connectivity index (χ3n) is 2.00. The molecule has 2 heterocycles. The third-order valence-corrected chi connectivity index (χ3v) is 2.84. The Morgan fingerprint density at radius 2 is 2.50 bits per heavy atom. The maximum Gasteiger partial charge on any atom is 0.208 e. The van der Waals surface area contributed by atoms with Crippen molar-refractivity contribution in [1.29, 1.82) is 0 Å². The molecule has 0 radical (unpaired) electrons. The fourth-order valence-corrected chi connectivity index (χ4v) is 1.97. The number of nitrogens with zero attached hydrogens (tertiary/aromatic N) is 2. The van der Waals surface area contributed by atoms with Gasteiger partial charge in [-0.3, -0.25) is 5.10 Å². The van der Waals surface area contributed by atoms with E-state index < -0.39 is 0 Å². The number of furan rings is 1. The van der Waals surface area contributed by atoms with Crippen LogP contribution in [0, 0.1) is 6.92 Å². The number of aromatic nitrogens is 3. The van der Waals surface area contributed by atoms with Crippen LogP contribution in [0.2, 0.25) is 0 Å². The second-order valence-electron chi connectivity index (χ2n) is 3.36. The van der Waals surface area contributed by atoms with E-state index in [4.69, 9.17) is 4.42 Å². The number of aromatic amines is 1. The number of rotatable bonds is 6. The van der Waals surface area contributed by atoms with Gasteiger partial charge in [0, 0.05) is 24.4 Å². The van der Waals surface area contributed by atoms with Crippen LogP contribution in [0.4, 0.5) is 0 Å². The Morgan fingerprint density at radius 1 is 1.56 bits per heavy atom. The van der Waals surface area contributed by atoms with Gasteiger partial charge < -0.3 is 9.73 Å². The zero-order chi connectivity index (χ0) is 11.2. The summed E-state index contributed by atoms with van der Waals surface area (Å²) < 4.78 is 4.97. The second kappa shape index (κ2) is 5.72. The lowest BCUT2D eigenvalue weighted by Gasteiger charge is -2.00. The van der Waals surface area contributed by atoms with Crippen LogP contribution in [0.1, 0.15) is 11.4 Å². The molecule has 0 saturated heterocycles. The number of aryl methyl sites for hydroxylation is 1. The average molecular weight is 238 g/mol. The Labute approximate surface area is 98.0 Å². The Bertz CT molecular complexity index is 412. The molecular weight excluding hydrogens is 224 g/mol. The standard InChI is InChI=1S/C10H14N4OS/c1-8-12-10(14-13-8)16-5-3-11-6-9-2-4-15-7-9/h2,4,7,11H,3,5-6H2,1H3,(H,12,13,14). The summed E-state index contributed by atoms with van der Waals surface area (Å²) in [6.45, 7) is 3.65. The highest BCUT2D eigenvalue weighted by atomic mass is 32.2. The predicted octanol–water partition coefficient (Wildman–Crippen LogP) is 1.59. The molecular formula is C10H14N4OS. The van der Waals surface area contributed by atoms with Crippen molar-refractivity contribution in [3.05, 3.63) is 30.0 Å². The molecule has 2 N–H and O–H groups in total. The number of hydrogen-bond donors (Lipinski definition) is 2. The number of hydrogen-bond acceptors (Lipinski definition) is 5. The minimum atomic E-state index is 0.808. The van der Waals surface area contributed by atoms with Crippen molar-refractivity contribution in [2.45, 2.75) is 18.6 Å². The zero-order valence-electron chi connectivity index (χ0n) is 9.06. The molecule has 0 spiro atoms. The third kappa shape index (κ3) is 3.39. The van der Waals surface area contributed by atoms with E-state index in [2.05, 4.69) is 20.5 Å². The second-order valence-corrected chi connectivity index (χ2v) is 4.42. The first kappa shape index (κ1) is 11.2. The van der Waals surface area contributed by atoms with Gasteiger partial charge in [-0.05, 0) is 13.0 Å². The largest absolute Gasteiger partial charge is 0.472 e. The highest BCUT2D eigenvalue weighted by molar-refractivity contribution is 7.99. The molecule has 5 nitrogen and oxygen atoms in total. The van der Waals surface area contributed by atoms with Crippen LogP contribution in [0.5, 0.6) is 0 Å². The molecule has 2 aromatic heterocycles. The van der Waals surface area contributed by atoms with Crippen molar-refractivity contribution < 1.29 is 4.42 Å². The summed E-state index contributed by atoms with van der Waals surface area (Å²) in [7, 11) is 0. The van der Waals surface area contributed by atoms with Crippen molar-refractivity contribution in [3.8, 4) is 0 Å². The minimum Gasteiger partial charge on any atom is -0.472 e. The molecule has 0 aliphatic carbocycles. The fourth-order valence-electron chi connectivity index (χ4n) is 1.23. The summed E-state index contributed by atoms with van der Waals surface area (Å²) in [6.07, 6.45) is 3.43. The molecule has 2 aromatic rings. The number of thioether (sulfide) groups is 1. The van der Waals surface area contributed by atoms with Gasteiger partial charge in [0.1, 0.15) is 5.82 Å². The van der Waals surface area contributed by atoms with E-state index in [9.17, 15) is 0 Å². The van der Waals surface area contributed by atoms with Gasteiger partial charge in [0.15, 0.2) is 0 Å². The lowest BCUT2D eigenvalue weighted by Crippen LogP contribution is -2.16. The molecule has 0 aliphatic rings. The highest BCUT2D eigenvalue weighted by Crippen LogP contribution is 2.10. The van der Waals surface area contributed by atoms with Crippen LogP contribution in [-0.4, -0.2) is 27.5 Å². The summed E-state index contributed by atoms with van der Waals surface area (Å²) in [4.78, 5) is 4.21. The lowest BCUT2D eigenvalue weighted by atomic mass is 10.3. The Kier molecular flexibility index (Phi) is 4.01. The van der Waals surface area contributed by atoms with E-state index in [1.54, 1.807) is 24.3 Å². The first-order valence-electron chi connectivity index (χ1n) is 5.08. The van der Waals surface area contributed by atoms with Gasteiger partial charge >= 0.3 is 0 Å². The molecule has 0 aliphatic heterocycles. The number of nitrogens with one attached hydrogen (secondary N) is 2. The smallest absolute Gasteiger partial charge is 0.208 e. The molecule has 0 amide bonds. The van der Waals surface area contributed by atoms with Gasteiger partial charge in [0.2, 0.25) is 5.16 Å². The molecule has 0 saturated carbocycles. The molecule has 2 rings (SSSR count). The van der Waals surface area contributed by atoms with E-state index >= 15 is 0 Å². The predicted molar refractivity (Wildman–Crippen MR) is 62.3 cm³/mol. The van der Waals surface area contributed by atoms with Crippen LogP contribution in [0.15, 0.2) is 28.2 Å². The van der Waals surface area contributed by atoms with Crippen molar-refractivity contribution in [3.63, 3.8) is 0 Å². The SMILES string of the molecule is Cc1nc(SCCNCc2ccoc2)n[nH]1. The molecule has 86 valence electrons. The highest BCUT2D eigenvalue weighted by Gasteiger charge is 1.99. The van der Waals surface area contributed by atoms with Crippen molar-refractivity contribution in [2.75, 3.05) is 12.3 Å². The van der Waals surface area contributed by atoms with Gasteiger partial charge in [0.05, 0.1) is 12.5 Å². The van der Waals surface area contributed by atoms with Crippen LogP contribution >= 0.6 is 11.8 Å². The maximum absolute atomic E-state index is 4.97.